The first-order valence-electron chi connectivity index (χ1n) is 5.88. The summed E-state index contributed by atoms with van der Waals surface area (Å²) >= 11 is 0. The van der Waals surface area contributed by atoms with Crippen LogP contribution in [0.1, 0.15) is 26.3 Å². The van der Waals surface area contributed by atoms with Crippen molar-refractivity contribution >= 4 is 5.82 Å². The van der Waals surface area contributed by atoms with Gasteiger partial charge in [-0.1, -0.05) is 13.8 Å². The maximum atomic E-state index is 4.42. The number of nitrogens with one attached hydrogen (secondary N) is 1. The van der Waals surface area contributed by atoms with Crippen LogP contribution in [-0.4, -0.2) is 25.1 Å². The molecule has 0 amide bonds. The van der Waals surface area contributed by atoms with Crippen LogP contribution in [0.25, 0.3) is 0 Å². The fourth-order valence-corrected chi connectivity index (χ4v) is 1.62. The van der Waals surface area contributed by atoms with Gasteiger partial charge in [-0.2, -0.15) is 0 Å². The van der Waals surface area contributed by atoms with E-state index in [1.165, 1.54) is 5.56 Å². The Morgan fingerprint density at radius 2 is 2.06 bits per heavy atom. The molecule has 0 saturated heterocycles. The third-order valence-corrected chi connectivity index (χ3v) is 3.13. The van der Waals surface area contributed by atoms with E-state index >= 15 is 0 Å². The molecule has 90 valence electrons. The Balaban J connectivity index is 2.82. The zero-order valence-electron chi connectivity index (χ0n) is 11.0. The van der Waals surface area contributed by atoms with E-state index in [1.807, 2.05) is 19.3 Å². The van der Waals surface area contributed by atoms with Crippen LogP contribution in [0.2, 0.25) is 0 Å². The summed E-state index contributed by atoms with van der Waals surface area (Å²) < 4.78 is 0. The van der Waals surface area contributed by atoms with E-state index in [2.05, 4.69) is 49.1 Å². The Bertz CT molecular complexity index is 323. The minimum Gasteiger partial charge on any atom is -0.357 e. The summed E-state index contributed by atoms with van der Waals surface area (Å²) in [4.78, 5) is 6.66. The molecule has 1 unspecified atom stereocenters. The highest BCUT2D eigenvalue weighted by atomic mass is 15.2. The topological polar surface area (TPSA) is 28.2 Å². The summed E-state index contributed by atoms with van der Waals surface area (Å²) in [5, 5.41) is 3.16. The zero-order chi connectivity index (χ0) is 12.1. The maximum Gasteiger partial charge on any atom is 0.128 e. The number of nitrogens with zero attached hydrogens (tertiary/aromatic N) is 2. The number of aromatic nitrogens is 1. The van der Waals surface area contributed by atoms with E-state index in [0.29, 0.717) is 12.0 Å². The van der Waals surface area contributed by atoms with Crippen molar-refractivity contribution in [3.63, 3.8) is 0 Å². The second kappa shape index (κ2) is 5.85. The van der Waals surface area contributed by atoms with Crippen molar-refractivity contribution in [1.29, 1.82) is 0 Å². The molecular formula is C13H23N3. The summed E-state index contributed by atoms with van der Waals surface area (Å²) in [5.74, 6) is 1.67. The normalized spacial score (nSPS) is 12.9. The smallest absolute Gasteiger partial charge is 0.128 e. The molecule has 0 spiro atoms. The van der Waals surface area contributed by atoms with Crippen LogP contribution in [0.3, 0.4) is 0 Å². The van der Waals surface area contributed by atoms with Crippen molar-refractivity contribution < 1.29 is 0 Å². The quantitative estimate of drug-likeness (QED) is 0.827. The highest BCUT2D eigenvalue weighted by molar-refractivity contribution is 5.41. The molecule has 3 nitrogen and oxygen atoms in total. The Labute approximate surface area is 98.9 Å². The second-order valence-electron chi connectivity index (χ2n) is 4.65. The van der Waals surface area contributed by atoms with Gasteiger partial charge in [0, 0.05) is 25.8 Å². The van der Waals surface area contributed by atoms with Crippen molar-refractivity contribution in [2.45, 2.75) is 33.4 Å². The minimum atomic E-state index is 0.498. The summed E-state index contributed by atoms with van der Waals surface area (Å²) in [6.45, 7) is 7.59. The first-order chi connectivity index (χ1) is 7.56. The molecule has 0 saturated carbocycles. The molecular weight excluding hydrogens is 198 g/mol. The number of anilines is 1. The van der Waals surface area contributed by atoms with Gasteiger partial charge in [-0.15, -0.1) is 0 Å². The Morgan fingerprint density at radius 3 is 2.62 bits per heavy atom. The Hall–Kier alpha value is -1.09. The lowest BCUT2D eigenvalue weighted by Gasteiger charge is -2.29. The number of pyridine rings is 1. The van der Waals surface area contributed by atoms with Gasteiger partial charge < -0.3 is 10.2 Å². The molecule has 0 aliphatic rings. The van der Waals surface area contributed by atoms with Crippen molar-refractivity contribution in [2.24, 2.45) is 5.92 Å². The highest BCUT2D eigenvalue weighted by Gasteiger charge is 2.14. The van der Waals surface area contributed by atoms with Crippen molar-refractivity contribution in [3.05, 3.63) is 23.9 Å². The molecule has 3 heteroatoms. The molecule has 0 aromatic carbocycles. The summed E-state index contributed by atoms with van der Waals surface area (Å²) in [7, 11) is 4.07. The second-order valence-corrected chi connectivity index (χ2v) is 4.65. The lowest BCUT2D eigenvalue weighted by molar-refractivity contribution is 0.502. The molecule has 1 rings (SSSR count). The van der Waals surface area contributed by atoms with E-state index in [1.54, 1.807) is 0 Å². The predicted octanol–water partition coefficient (Wildman–Crippen LogP) is 2.28. The average molecular weight is 221 g/mol. The third-order valence-electron chi connectivity index (χ3n) is 3.13. The molecule has 1 aromatic heterocycles. The summed E-state index contributed by atoms with van der Waals surface area (Å²) in [5.41, 5.74) is 1.27. The van der Waals surface area contributed by atoms with Gasteiger partial charge in [-0.3, -0.25) is 0 Å². The van der Waals surface area contributed by atoms with E-state index in [0.717, 1.165) is 12.4 Å². The van der Waals surface area contributed by atoms with Gasteiger partial charge in [0.2, 0.25) is 0 Å². The van der Waals surface area contributed by atoms with Crippen LogP contribution in [0, 0.1) is 5.92 Å². The number of hydrogen-bond donors (Lipinski definition) is 1. The van der Waals surface area contributed by atoms with E-state index in [9.17, 15) is 0 Å². The lowest BCUT2D eigenvalue weighted by Crippen LogP contribution is -2.33. The molecule has 0 bridgehead atoms. The monoisotopic (exact) mass is 221 g/mol. The molecule has 1 aromatic rings. The highest BCUT2D eigenvalue weighted by Crippen LogP contribution is 2.17. The molecule has 1 heterocycles. The standard InChI is InChI=1S/C13H23N3/c1-10(2)11(3)16(5)13-8-12(9-14-4)6-7-15-13/h6-8,10-11,14H,9H2,1-5H3. The van der Waals surface area contributed by atoms with Crippen molar-refractivity contribution in [3.8, 4) is 0 Å². The fraction of sp³-hybridized carbons (Fsp3) is 0.615. The molecule has 0 radical (unpaired) electrons. The van der Waals surface area contributed by atoms with Crippen molar-refractivity contribution in [2.75, 3.05) is 19.0 Å². The van der Waals surface area contributed by atoms with Crippen LogP contribution in [0.15, 0.2) is 18.3 Å². The molecule has 16 heavy (non-hydrogen) atoms. The molecule has 1 N–H and O–H groups in total. The first kappa shape index (κ1) is 13.0. The van der Waals surface area contributed by atoms with Gasteiger partial charge in [0.05, 0.1) is 0 Å². The Kier molecular flexibility index (Phi) is 4.74. The minimum absolute atomic E-state index is 0.498. The van der Waals surface area contributed by atoms with E-state index in [-0.39, 0.29) is 0 Å². The number of rotatable bonds is 5. The SMILES string of the molecule is CNCc1ccnc(N(C)C(C)C(C)C)c1. The van der Waals surface area contributed by atoms with Crippen LogP contribution in [-0.2, 0) is 6.54 Å². The van der Waals surface area contributed by atoms with E-state index < -0.39 is 0 Å². The van der Waals surface area contributed by atoms with Gasteiger partial charge in [0.1, 0.15) is 5.82 Å². The van der Waals surface area contributed by atoms with Gasteiger partial charge in [0.25, 0.3) is 0 Å². The van der Waals surface area contributed by atoms with Gasteiger partial charge in [-0.05, 0) is 37.6 Å². The van der Waals surface area contributed by atoms with Gasteiger partial charge in [0.15, 0.2) is 0 Å². The molecule has 1 atom stereocenters. The van der Waals surface area contributed by atoms with Crippen LogP contribution >= 0.6 is 0 Å². The predicted molar refractivity (Wildman–Crippen MR) is 69.7 cm³/mol. The Morgan fingerprint density at radius 1 is 1.38 bits per heavy atom. The lowest BCUT2D eigenvalue weighted by atomic mass is 10.1. The van der Waals surface area contributed by atoms with Gasteiger partial charge in [-0.25, -0.2) is 4.98 Å². The summed E-state index contributed by atoms with van der Waals surface area (Å²) in [6.07, 6.45) is 1.88. The number of hydrogen-bond acceptors (Lipinski definition) is 3. The maximum absolute atomic E-state index is 4.42. The average Bonchev–Trinajstić information content (AvgIpc) is 2.28. The fourth-order valence-electron chi connectivity index (χ4n) is 1.62. The summed E-state index contributed by atoms with van der Waals surface area (Å²) in [6, 6.07) is 4.70. The third kappa shape index (κ3) is 3.20. The van der Waals surface area contributed by atoms with E-state index in [4.69, 9.17) is 0 Å². The molecule has 0 aliphatic carbocycles. The van der Waals surface area contributed by atoms with Crippen LogP contribution < -0.4 is 10.2 Å². The largest absolute Gasteiger partial charge is 0.357 e. The van der Waals surface area contributed by atoms with Gasteiger partial charge >= 0.3 is 0 Å². The van der Waals surface area contributed by atoms with Crippen LogP contribution in [0.4, 0.5) is 5.82 Å². The molecule has 0 aliphatic heterocycles. The van der Waals surface area contributed by atoms with Crippen molar-refractivity contribution in [1.82, 2.24) is 10.3 Å². The first-order valence-corrected chi connectivity index (χ1v) is 5.88. The zero-order valence-corrected chi connectivity index (χ0v) is 11.0. The van der Waals surface area contributed by atoms with Crippen LogP contribution in [0.5, 0.6) is 0 Å². The molecule has 0 fully saturated rings.